The molecule has 0 bridgehead atoms. The van der Waals surface area contributed by atoms with Crippen LogP contribution < -0.4 is 5.32 Å². The minimum absolute atomic E-state index is 0.0402. The molecular weight excluding hydrogens is 354 g/mol. The highest BCUT2D eigenvalue weighted by Gasteiger charge is 2.57. The van der Waals surface area contributed by atoms with Gasteiger partial charge in [0.2, 0.25) is 11.5 Å². The fraction of sp³-hybridized carbons (Fsp3) is 0.412. The van der Waals surface area contributed by atoms with Crippen LogP contribution in [0.15, 0.2) is 36.7 Å². The van der Waals surface area contributed by atoms with Crippen molar-refractivity contribution in [2.24, 2.45) is 7.05 Å². The van der Waals surface area contributed by atoms with E-state index in [1.807, 2.05) is 0 Å². The molecule has 1 aromatic carbocycles. The molecule has 2 rings (SSSR count). The summed E-state index contributed by atoms with van der Waals surface area (Å²) in [6.07, 6.45) is -2.87. The highest BCUT2D eigenvalue weighted by molar-refractivity contribution is 5.76. The zero-order valence-corrected chi connectivity index (χ0v) is 14.1. The topological polar surface area (TPSA) is 67.2 Å². The molecule has 1 heterocycles. The molecule has 0 aliphatic rings. The number of amides is 1. The quantitative estimate of drug-likeness (QED) is 0.733. The van der Waals surface area contributed by atoms with Crippen LogP contribution in [0.3, 0.4) is 0 Å². The highest BCUT2D eigenvalue weighted by atomic mass is 19.4. The summed E-state index contributed by atoms with van der Waals surface area (Å²) >= 11 is 0. The van der Waals surface area contributed by atoms with Gasteiger partial charge in [-0.25, -0.2) is 9.37 Å². The van der Waals surface area contributed by atoms with Gasteiger partial charge in [-0.1, -0.05) is 12.1 Å². The van der Waals surface area contributed by atoms with Gasteiger partial charge in [0.25, 0.3) is 0 Å². The van der Waals surface area contributed by atoms with Gasteiger partial charge in [-0.3, -0.25) is 4.79 Å². The van der Waals surface area contributed by atoms with E-state index in [4.69, 9.17) is 0 Å². The molecule has 0 spiro atoms. The second kappa shape index (κ2) is 7.86. The summed E-state index contributed by atoms with van der Waals surface area (Å²) in [5.41, 5.74) is -2.42. The fourth-order valence-corrected chi connectivity index (χ4v) is 2.52. The van der Waals surface area contributed by atoms with Crippen LogP contribution in [0.4, 0.5) is 17.6 Å². The first-order valence-electron chi connectivity index (χ1n) is 7.91. The zero-order valence-electron chi connectivity index (χ0n) is 14.1. The molecule has 0 saturated heterocycles. The van der Waals surface area contributed by atoms with E-state index in [9.17, 15) is 27.5 Å². The summed E-state index contributed by atoms with van der Waals surface area (Å²) in [6, 6.07) is 5.60. The molecule has 1 amide bonds. The molecule has 0 fully saturated rings. The maximum Gasteiger partial charge on any atom is 0.424 e. The largest absolute Gasteiger partial charge is 0.424 e. The van der Waals surface area contributed by atoms with E-state index in [2.05, 4.69) is 10.3 Å². The average Bonchev–Trinajstić information content (AvgIpc) is 2.99. The molecule has 142 valence electrons. The Kier molecular flexibility index (Phi) is 6.01. The van der Waals surface area contributed by atoms with Crippen LogP contribution in [-0.2, 0) is 23.9 Å². The summed E-state index contributed by atoms with van der Waals surface area (Å²) in [4.78, 5) is 15.4. The Hall–Kier alpha value is -2.42. The Morgan fingerprint density at radius 1 is 1.27 bits per heavy atom. The summed E-state index contributed by atoms with van der Waals surface area (Å²) in [5, 5.41) is 12.5. The van der Waals surface area contributed by atoms with Gasteiger partial charge in [-0.2, -0.15) is 13.2 Å². The molecular formula is C17H19F4N3O2. The number of nitrogens with one attached hydrogen (secondary N) is 1. The van der Waals surface area contributed by atoms with Crippen LogP contribution in [0.25, 0.3) is 0 Å². The summed E-state index contributed by atoms with van der Waals surface area (Å²) in [5.74, 6) is -1.39. The Labute approximate surface area is 147 Å². The first-order valence-corrected chi connectivity index (χ1v) is 7.91. The number of aromatic nitrogens is 2. The van der Waals surface area contributed by atoms with Crippen LogP contribution in [0.2, 0.25) is 0 Å². The van der Waals surface area contributed by atoms with Gasteiger partial charge >= 0.3 is 6.18 Å². The van der Waals surface area contributed by atoms with Gasteiger partial charge in [-0.05, 0) is 24.1 Å². The lowest BCUT2D eigenvalue weighted by Gasteiger charge is -2.30. The molecule has 2 aromatic rings. The lowest BCUT2D eigenvalue weighted by molar-refractivity contribution is -0.272. The van der Waals surface area contributed by atoms with E-state index in [1.54, 1.807) is 0 Å². The minimum atomic E-state index is -4.94. The van der Waals surface area contributed by atoms with Gasteiger partial charge in [0.15, 0.2) is 0 Å². The first-order chi connectivity index (χ1) is 12.1. The molecule has 1 aromatic heterocycles. The number of carbonyl (C=O) groups is 1. The molecule has 0 radical (unpaired) electrons. The minimum Gasteiger partial charge on any atom is -0.374 e. The standard InChI is InChI=1S/C17H19F4N3O2/c1-24-11-10-23-15(24)16(26,17(19,20)21)8-9-22-14(25)7-4-12-2-5-13(18)6-3-12/h2-3,5-6,10-11,26H,4,7-9H2,1H3,(H,22,25). The van der Waals surface area contributed by atoms with Crippen LogP contribution in [0.5, 0.6) is 0 Å². The lowest BCUT2D eigenvalue weighted by Crippen LogP contribution is -2.46. The van der Waals surface area contributed by atoms with Gasteiger partial charge in [0.05, 0.1) is 0 Å². The molecule has 9 heteroatoms. The lowest BCUT2D eigenvalue weighted by atomic mass is 9.97. The maximum absolute atomic E-state index is 13.3. The van der Waals surface area contributed by atoms with Crippen LogP contribution in [-0.4, -0.2) is 33.3 Å². The average molecular weight is 373 g/mol. The maximum atomic E-state index is 13.3. The molecule has 1 atom stereocenters. The number of halogens is 4. The molecule has 0 saturated carbocycles. The van der Waals surface area contributed by atoms with Crippen molar-refractivity contribution in [3.63, 3.8) is 0 Å². The van der Waals surface area contributed by atoms with Gasteiger partial charge in [-0.15, -0.1) is 0 Å². The van der Waals surface area contributed by atoms with Crippen molar-refractivity contribution >= 4 is 5.91 Å². The Bertz CT molecular complexity index is 743. The predicted octanol–water partition coefficient (Wildman–Crippen LogP) is 2.45. The van der Waals surface area contributed by atoms with Crippen LogP contribution in [0.1, 0.15) is 24.2 Å². The van der Waals surface area contributed by atoms with E-state index in [-0.39, 0.29) is 18.8 Å². The van der Waals surface area contributed by atoms with Crippen molar-refractivity contribution in [1.82, 2.24) is 14.9 Å². The van der Waals surface area contributed by atoms with Crippen LogP contribution in [0, 0.1) is 5.82 Å². The number of imidazole rings is 1. The third kappa shape index (κ3) is 4.60. The van der Waals surface area contributed by atoms with E-state index in [0.717, 1.165) is 16.3 Å². The third-order valence-electron chi connectivity index (χ3n) is 4.02. The number of alkyl halides is 3. The first kappa shape index (κ1) is 19.9. The summed E-state index contributed by atoms with van der Waals surface area (Å²) < 4.78 is 53.9. The molecule has 0 aliphatic carbocycles. The summed E-state index contributed by atoms with van der Waals surface area (Å²) in [7, 11) is 1.35. The van der Waals surface area contributed by atoms with Crippen molar-refractivity contribution in [2.75, 3.05) is 6.54 Å². The van der Waals surface area contributed by atoms with E-state index in [1.165, 1.54) is 37.5 Å². The second-order valence-corrected chi connectivity index (χ2v) is 5.95. The van der Waals surface area contributed by atoms with E-state index in [0.29, 0.717) is 6.42 Å². The second-order valence-electron chi connectivity index (χ2n) is 5.95. The number of aryl methyl sites for hydroxylation is 2. The molecule has 1 unspecified atom stereocenters. The Morgan fingerprint density at radius 3 is 2.46 bits per heavy atom. The number of hydrogen-bond donors (Lipinski definition) is 2. The molecule has 5 nitrogen and oxygen atoms in total. The normalized spacial score (nSPS) is 14.1. The Balaban J connectivity index is 1.90. The monoisotopic (exact) mass is 373 g/mol. The number of carbonyl (C=O) groups excluding carboxylic acids is 1. The molecule has 2 N–H and O–H groups in total. The number of nitrogens with zero attached hydrogens (tertiary/aromatic N) is 2. The number of aliphatic hydroxyl groups is 1. The Morgan fingerprint density at radius 2 is 1.92 bits per heavy atom. The fourth-order valence-electron chi connectivity index (χ4n) is 2.52. The molecule has 26 heavy (non-hydrogen) atoms. The highest BCUT2D eigenvalue weighted by Crippen LogP contribution is 2.40. The van der Waals surface area contributed by atoms with E-state index >= 15 is 0 Å². The predicted molar refractivity (Wildman–Crippen MR) is 85.5 cm³/mol. The van der Waals surface area contributed by atoms with Crippen molar-refractivity contribution in [2.45, 2.75) is 31.0 Å². The smallest absolute Gasteiger partial charge is 0.374 e. The van der Waals surface area contributed by atoms with Gasteiger partial charge < -0.3 is 15.0 Å². The van der Waals surface area contributed by atoms with Gasteiger partial charge in [0.1, 0.15) is 11.6 Å². The van der Waals surface area contributed by atoms with Crippen molar-refractivity contribution < 1.29 is 27.5 Å². The van der Waals surface area contributed by atoms with E-state index < -0.39 is 29.9 Å². The number of rotatable bonds is 7. The number of benzene rings is 1. The van der Waals surface area contributed by atoms with Crippen molar-refractivity contribution in [3.05, 3.63) is 53.9 Å². The van der Waals surface area contributed by atoms with Gasteiger partial charge in [0, 0.05) is 38.8 Å². The third-order valence-corrected chi connectivity index (χ3v) is 4.02. The zero-order chi connectivity index (χ0) is 19.4. The number of hydrogen-bond acceptors (Lipinski definition) is 3. The van der Waals surface area contributed by atoms with Crippen molar-refractivity contribution in [3.8, 4) is 0 Å². The molecule has 0 aliphatic heterocycles. The van der Waals surface area contributed by atoms with Crippen LogP contribution >= 0.6 is 0 Å². The van der Waals surface area contributed by atoms with Crippen molar-refractivity contribution in [1.29, 1.82) is 0 Å². The summed E-state index contributed by atoms with van der Waals surface area (Å²) in [6.45, 7) is -0.370. The SMILES string of the molecule is Cn1ccnc1C(O)(CCNC(=O)CCc1ccc(F)cc1)C(F)(F)F.